The van der Waals surface area contributed by atoms with Gasteiger partial charge >= 0.3 is 0 Å². The number of fused-ring (bicyclic) bond motifs is 1. The predicted octanol–water partition coefficient (Wildman–Crippen LogP) is 0.724. The van der Waals surface area contributed by atoms with E-state index in [-0.39, 0.29) is 18.4 Å². The quantitative estimate of drug-likeness (QED) is 0.728. The zero-order chi connectivity index (χ0) is 19.0. The fourth-order valence-electron chi connectivity index (χ4n) is 3.26. The SMILES string of the molecule is O=C(CN1C(=O)c2ccccc2C1=O)N1CCN(C(=O)c2cscn2)CC1. The van der Waals surface area contributed by atoms with Gasteiger partial charge in [-0.15, -0.1) is 11.3 Å². The molecule has 0 saturated carbocycles. The van der Waals surface area contributed by atoms with Crippen molar-refractivity contribution in [3.05, 3.63) is 52.0 Å². The van der Waals surface area contributed by atoms with Crippen molar-refractivity contribution in [1.82, 2.24) is 19.7 Å². The summed E-state index contributed by atoms with van der Waals surface area (Å²) in [4.78, 5) is 57.8. The van der Waals surface area contributed by atoms with Crippen molar-refractivity contribution in [2.45, 2.75) is 0 Å². The smallest absolute Gasteiger partial charge is 0.273 e. The molecule has 4 rings (SSSR count). The Morgan fingerprint density at radius 2 is 1.56 bits per heavy atom. The molecule has 2 aliphatic rings. The highest BCUT2D eigenvalue weighted by molar-refractivity contribution is 7.07. The molecule has 0 atom stereocenters. The fraction of sp³-hybridized carbons (Fsp3) is 0.278. The van der Waals surface area contributed by atoms with E-state index >= 15 is 0 Å². The number of carbonyl (C=O) groups is 4. The first-order valence-electron chi connectivity index (χ1n) is 8.46. The van der Waals surface area contributed by atoms with Crippen LogP contribution in [-0.4, -0.2) is 76.0 Å². The van der Waals surface area contributed by atoms with Crippen LogP contribution in [0.1, 0.15) is 31.2 Å². The Hall–Kier alpha value is -3.07. The molecule has 1 aromatic heterocycles. The lowest BCUT2D eigenvalue weighted by Crippen LogP contribution is -2.53. The van der Waals surface area contributed by atoms with Gasteiger partial charge in [0, 0.05) is 31.6 Å². The minimum Gasteiger partial charge on any atom is -0.338 e. The van der Waals surface area contributed by atoms with Crippen LogP contribution in [0, 0.1) is 0 Å². The maximum atomic E-state index is 12.6. The first-order valence-corrected chi connectivity index (χ1v) is 9.41. The first-order chi connectivity index (χ1) is 13.1. The zero-order valence-corrected chi connectivity index (χ0v) is 15.1. The molecule has 0 radical (unpaired) electrons. The van der Waals surface area contributed by atoms with Gasteiger partial charge in [-0.05, 0) is 12.1 Å². The van der Waals surface area contributed by atoms with Crippen molar-refractivity contribution in [3.8, 4) is 0 Å². The van der Waals surface area contributed by atoms with E-state index in [9.17, 15) is 19.2 Å². The molecule has 0 bridgehead atoms. The third-order valence-corrected chi connectivity index (χ3v) is 5.33. The molecule has 2 aliphatic heterocycles. The maximum Gasteiger partial charge on any atom is 0.273 e. The van der Waals surface area contributed by atoms with Gasteiger partial charge < -0.3 is 9.80 Å². The zero-order valence-electron chi connectivity index (χ0n) is 14.3. The lowest BCUT2D eigenvalue weighted by Gasteiger charge is -2.35. The number of amides is 4. The highest BCUT2D eigenvalue weighted by atomic mass is 32.1. The number of thiazole rings is 1. The van der Waals surface area contributed by atoms with Gasteiger partial charge in [-0.25, -0.2) is 4.98 Å². The molecule has 0 aliphatic carbocycles. The standard InChI is InChI=1S/C18H16N4O4S/c23-15(9-22-16(24)12-3-1-2-4-13(12)17(22)25)20-5-7-21(8-6-20)18(26)14-10-27-11-19-14/h1-4,10-11H,5-9H2. The van der Waals surface area contributed by atoms with Crippen LogP contribution in [-0.2, 0) is 4.79 Å². The average molecular weight is 384 g/mol. The van der Waals surface area contributed by atoms with Crippen molar-refractivity contribution in [2.24, 2.45) is 0 Å². The molecule has 0 unspecified atom stereocenters. The molecule has 0 N–H and O–H groups in total. The van der Waals surface area contributed by atoms with Gasteiger partial charge in [0.15, 0.2) is 0 Å². The lowest BCUT2D eigenvalue weighted by atomic mass is 10.1. The highest BCUT2D eigenvalue weighted by Gasteiger charge is 2.37. The van der Waals surface area contributed by atoms with Gasteiger partial charge in [0.05, 0.1) is 16.6 Å². The largest absolute Gasteiger partial charge is 0.338 e. The number of benzene rings is 1. The lowest BCUT2D eigenvalue weighted by molar-refractivity contribution is -0.132. The molecule has 9 heteroatoms. The van der Waals surface area contributed by atoms with Gasteiger partial charge in [-0.1, -0.05) is 12.1 Å². The highest BCUT2D eigenvalue weighted by Crippen LogP contribution is 2.22. The molecule has 4 amide bonds. The Morgan fingerprint density at radius 3 is 2.11 bits per heavy atom. The Labute approximate surface area is 159 Å². The third-order valence-electron chi connectivity index (χ3n) is 4.74. The Morgan fingerprint density at radius 1 is 0.963 bits per heavy atom. The van der Waals surface area contributed by atoms with Crippen LogP contribution in [0.15, 0.2) is 35.2 Å². The van der Waals surface area contributed by atoms with Gasteiger partial charge in [-0.2, -0.15) is 0 Å². The van der Waals surface area contributed by atoms with E-state index in [0.717, 1.165) is 4.90 Å². The molecule has 1 fully saturated rings. The number of aromatic nitrogens is 1. The van der Waals surface area contributed by atoms with Gasteiger partial charge in [0.25, 0.3) is 17.7 Å². The van der Waals surface area contributed by atoms with Gasteiger partial charge in [-0.3, -0.25) is 24.1 Å². The average Bonchev–Trinajstić information content (AvgIpc) is 3.32. The second-order valence-corrected chi connectivity index (χ2v) is 7.01. The van der Waals surface area contributed by atoms with E-state index < -0.39 is 11.8 Å². The summed E-state index contributed by atoms with van der Waals surface area (Å²) >= 11 is 1.36. The molecular formula is C18H16N4O4S. The first kappa shape index (κ1) is 17.3. The molecule has 2 aromatic rings. The third kappa shape index (κ3) is 3.10. The maximum absolute atomic E-state index is 12.6. The van der Waals surface area contributed by atoms with E-state index in [0.29, 0.717) is 43.0 Å². The van der Waals surface area contributed by atoms with Crippen LogP contribution in [0.25, 0.3) is 0 Å². The van der Waals surface area contributed by atoms with Gasteiger partial charge in [0.2, 0.25) is 5.91 Å². The summed E-state index contributed by atoms with van der Waals surface area (Å²) in [7, 11) is 0. The number of piperazine rings is 1. The monoisotopic (exact) mass is 384 g/mol. The molecule has 8 nitrogen and oxygen atoms in total. The molecule has 138 valence electrons. The van der Waals surface area contributed by atoms with E-state index in [4.69, 9.17) is 0 Å². The van der Waals surface area contributed by atoms with E-state index in [1.165, 1.54) is 11.3 Å². The van der Waals surface area contributed by atoms with Crippen LogP contribution in [0.3, 0.4) is 0 Å². The minimum atomic E-state index is -0.443. The summed E-state index contributed by atoms with van der Waals surface area (Å²) < 4.78 is 0. The summed E-state index contributed by atoms with van der Waals surface area (Å²) in [6, 6.07) is 6.55. The van der Waals surface area contributed by atoms with Crippen LogP contribution in [0.2, 0.25) is 0 Å². The summed E-state index contributed by atoms with van der Waals surface area (Å²) in [5, 5.41) is 1.70. The van der Waals surface area contributed by atoms with Crippen molar-refractivity contribution >= 4 is 35.0 Å². The Bertz CT molecular complexity index is 884. The fourth-order valence-corrected chi connectivity index (χ4v) is 3.78. The number of hydrogen-bond acceptors (Lipinski definition) is 6. The summed E-state index contributed by atoms with van der Waals surface area (Å²) in [6.07, 6.45) is 0. The Balaban J connectivity index is 1.36. The number of rotatable bonds is 3. The van der Waals surface area contributed by atoms with E-state index in [2.05, 4.69) is 4.98 Å². The number of nitrogens with zero attached hydrogens (tertiary/aromatic N) is 4. The molecule has 1 saturated heterocycles. The molecule has 27 heavy (non-hydrogen) atoms. The van der Waals surface area contributed by atoms with Crippen LogP contribution < -0.4 is 0 Å². The van der Waals surface area contributed by atoms with Crippen molar-refractivity contribution in [3.63, 3.8) is 0 Å². The number of imide groups is 1. The Kier molecular flexibility index (Phi) is 4.44. The number of hydrogen-bond donors (Lipinski definition) is 0. The number of carbonyl (C=O) groups excluding carboxylic acids is 4. The van der Waals surface area contributed by atoms with E-state index in [1.807, 2.05) is 0 Å². The summed E-state index contributed by atoms with van der Waals surface area (Å²) in [5.41, 5.74) is 2.67. The molecule has 0 spiro atoms. The van der Waals surface area contributed by atoms with Crippen molar-refractivity contribution < 1.29 is 19.2 Å². The van der Waals surface area contributed by atoms with Gasteiger partial charge in [0.1, 0.15) is 12.2 Å². The second-order valence-electron chi connectivity index (χ2n) is 6.29. The summed E-state index contributed by atoms with van der Waals surface area (Å²) in [6.45, 7) is 1.22. The predicted molar refractivity (Wildman–Crippen MR) is 96.4 cm³/mol. The second kappa shape index (κ2) is 6.92. The summed E-state index contributed by atoms with van der Waals surface area (Å²) in [5.74, 6) is -1.34. The minimum absolute atomic E-state index is 0.149. The normalized spacial score (nSPS) is 16.7. The van der Waals surface area contributed by atoms with E-state index in [1.54, 1.807) is 45.0 Å². The topological polar surface area (TPSA) is 90.9 Å². The van der Waals surface area contributed by atoms with Crippen LogP contribution in [0.4, 0.5) is 0 Å². The molecular weight excluding hydrogens is 368 g/mol. The van der Waals surface area contributed by atoms with Crippen molar-refractivity contribution in [1.29, 1.82) is 0 Å². The van der Waals surface area contributed by atoms with Crippen LogP contribution in [0.5, 0.6) is 0 Å². The van der Waals surface area contributed by atoms with Crippen molar-refractivity contribution in [2.75, 3.05) is 32.7 Å². The molecule has 1 aromatic carbocycles. The molecule has 3 heterocycles. The van der Waals surface area contributed by atoms with Crippen LogP contribution >= 0.6 is 11.3 Å².